The molecule has 1 aliphatic rings. The smallest absolute Gasteiger partial charge is 0.266 e. The molecule has 0 fully saturated rings. The van der Waals surface area contributed by atoms with Gasteiger partial charge in [0.05, 0.1) is 14.2 Å². The van der Waals surface area contributed by atoms with E-state index in [4.69, 9.17) is 49.0 Å². The van der Waals surface area contributed by atoms with Crippen molar-refractivity contribution in [2.45, 2.75) is 9.83 Å². The van der Waals surface area contributed by atoms with Crippen LogP contribution in [0.15, 0.2) is 23.2 Å². The molecule has 0 aromatic heterocycles. The van der Waals surface area contributed by atoms with Crippen molar-refractivity contribution in [1.29, 1.82) is 0 Å². The third-order valence-corrected chi connectivity index (χ3v) is 3.17. The van der Waals surface area contributed by atoms with E-state index in [2.05, 4.69) is 4.99 Å². The van der Waals surface area contributed by atoms with E-state index in [1.807, 2.05) is 12.1 Å². The summed E-state index contributed by atoms with van der Waals surface area (Å²) in [6.07, 6.45) is 0. The standard InChI is InChI=1S/C12H12Cl3NO3/c1-17-9-4-3-7(5-10(9)18-2)8-6-19-11(16-8)12(13,14)15/h3-5,8H,6H2,1-2H3. The second kappa shape index (κ2) is 5.65. The van der Waals surface area contributed by atoms with E-state index in [1.165, 1.54) is 0 Å². The van der Waals surface area contributed by atoms with Crippen LogP contribution in [0.25, 0.3) is 0 Å². The highest BCUT2D eigenvalue weighted by Gasteiger charge is 2.35. The zero-order valence-corrected chi connectivity index (χ0v) is 12.6. The molecule has 0 saturated carbocycles. The fourth-order valence-corrected chi connectivity index (χ4v) is 2.07. The van der Waals surface area contributed by atoms with Crippen LogP contribution in [0.5, 0.6) is 11.5 Å². The lowest BCUT2D eigenvalue weighted by Gasteiger charge is -2.11. The second-order valence-electron chi connectivity index (χ2n) is 3.87. The minimum Gasteiger partial charge on any atom is -0.493 e. The molecule has 0 bridgehead atoms. The summed E-state index contributed by atoms with van der Waals surface area (Å²) in [5, 5.41) is 0. The number of hydrogen-bond acceptors (Lipinski definition) is 4. The molecule has 0 aliphatic carbocycles. The summed E-state index contributed by atoms with van der Waals surface area (Å²) >= 11 is 17.2. The Morgan fingerprint density at radius 2 is 1.89 bits per heavy atom. The molecular weight excluding hydrogens is 312 g/mol. The van der Waals surface area contributed by atoms with Crippen molar-refractivity contribution in [3.63, 3.8) is 0 Å². The number of aliphatic imine (C=N–C) groups is 1. The van der Waals surface area contributed by atoms with Crippen LogP contribution in [-0.2, 0) is 4.74 Å². The largest absolute Gasteiger partial charge is 0.493 e. The predicted molar refractivity (Wildman–Crippen MR) is 76.0 cm³/mol. The molecule has 4 nitrogen and oxygen atoms in total. The van der Waals surface area contributed by atoms with Crippen molar-refractivity contribution in [2.75, 3.05) is 20.8 Å². The van der Waals surface area contributed by atoms with E-state index in [0.717, 1.165) is 5.56 Å². The first kappa shape index (κ1) is 14.6. The van der Waals surface area contributed by atoms with Crippen LogP contribution >= 0.6 is 34.8 Å². The highest BCUT2D eigenvalue weighted by atomic mass is 35.6. The van der Waals surface area contributed by atoms with E-state index < -0.39 is 3.79 Å². The number of hydrogen-bond donors (Lipinski definition) is 0. The number of halogens is 3. The minimum absolute atomic E-state index is 0.109. The summed E-state index contributed by atoms with van der Waals surface area (Å²) in [6, 6.07) is 5.29. The van der Waals surface area contributed by atoms with Crippen LogP contribution < -0.4 is 9.47 Å². The van der Waals surface area contributed by atoms with E-state index in [9.17, 15) is 0 Å². The zero-order chi connectivity index (χ0) is 14.0. The van der Waals surface area contributed by atoms with Crippen molar-refractivity contribution >= 4 is 40.7 Å². The van der Waals surface area contributed by atoms with Gasteiger partial charge in [-0.3, -0.25) is 0 Å². The van der Waals surface area contributed by atoms with Gasteiger partial charge in [0.2, 0.25) is 5.90 Å². The number of benzene rings is 1. The van der Waals surface area contributed by atoms with Crippen LogP contribution in [-0.4, -0.2) is 30.5 Å². The van der Waals surface area contributed by atoms with Crippen molar-refractivity contribution < 1.29 is 14.2 Å². The van der Waals surface area contributed by atoms with Gasteiger partial charge in [0.25, 0.3) is 3.79 Å². The Labute approximate surface area is 126 Å². The summed E-state index contributed by atoms with van der Waals surface area (Å²) in [7, 11) is 3.15. The molecular formula is C12H12Cl3NO3. The molecule has 104 valence electrons. The molecule has 1 atom stereocenters. The lowest BCUT2D eigenvalue weighted by Crippen LogP contribution is -2.18. The molecule has 2 rings (SSSR count). The quantitative estimate of drug-likeness (QED) is 0.798. The summed E-state index contributed by atoms with van der Waals surface area (Å²) in [5.41, 5.74) is 0.905. The van der Waals surface area contributed by atoms with Crippen molar-refractivity contribution in [2.24, 2.45) is 4.99 Å². The molecule has 1 unspecified atom stereocenters. The van der Waals surface area contributed by atoms with Gasteiger partial charge in [-0.25, -0.2) is 4.99 Å². The molecule has 0 radical (unpaired) electrons. The Morgan fingerprint density at radius 1 is 1.21 bits per heavy atom. The number of alkyl halides is 3. The van der Waals surface area contributed by atoms with Crippen LogP contribution in [0, 0.1) is 0 Å². The molecule has 0 saturated heterocycles. The molecule has 7 heteroatoms. The Bertz CT molecular complexity index is 499. The fraction of sp³-hybridized carbons (Fsp3) is 0.417. The van der Waals surface area contributed by atoms with Crippen LogP contribution in [0.2, 0.25) is 0 Å². The molecule has 1 heterocycles. The van der Waals surface area contributed by atoms with E-state index >= 15 is 0 Å². The highest BCUT2D eigenvalue weighted by Crippen LogP contribution is 2.37. The molecule has 1 aromatic carbocycles. The maximum atomic E-state index is 5.73. The SMILES string of the molecule is COc1ccc(C2COC(C(Cl)(Cl)Cl)=N2)cc1OC. The van der Waals surface area contributed by atoms with Gasteiger partial charge >= 0.3 is 0 Å². The first-order valence-corrected chi connectivity index (χ1v) is 6.59. The van der Waals surface area contributed by atoms with Gasteiger partial charge < -0.3 is 14.2 Å². The average molecular weight is 325 g/mol. The summed E-state index contributed by atoms with van der Waals surface area (Å²) in [4.78, 5) is 4.26. The van der Waals surface area contributed by atoms with Gasteiger partial charge in [-0.05, 0) is 17.7 Å². The number of rotatable bonds is 3. The fourth-order valence-electron chi connectivity index (χ4n) is 1.76. The minimum atomic E-state index is -1.63. The van der Waals surface area contributed by atoms with Gasteiger partial charge in [-0.15, -0.1) is 0 Å². The Kier molecular flexibility index (Phi) is 4.33. The van der Waals surface area contributed by atoms with Gasteiger partial charge in [-0.2, -0.15) is 0 Å². The Morgan fingerprint density at radius 3 is 2.42 bits per heavy atom. The lowest BCUT2D eigenvalue weighted by molar-refractivity contribution is 0.313. The molecule has 1 aromatic rings. The summed E-state index contributed by atoms with van der Waals surface area (Å²) in [6.45, 7) is 0.332. The third-order valence-electron chi connectivity index (χ3n) is 2.69. The molecule has 0 spiro atoms. The van der Waals surface area contributed by atoms with Crippen molar-refractivity contribution in [3.05, 3.63) is 23.8 Å². The normalized spacial score (nSPS) is 18.8. The number of ether oxygens (including phenoxy) is 3. The highest BCUT2D eigenvalue weighted by molar-refractivity contribution is 6.76. The second-order valence-corrected chi connectivity index (χ2v) is 6.15. The molecule has 0 amide bonds. The Balaban J connectivity index is 2.27. The monoisotopic (exact) mass is 323 g/mol. The van der Waals surface area contributed by atoms with Crippen molar-refractivity contribution in [1.82, 2.24) is 0 Å². The first-order valence-electron chi connectivity index (χ1n) is 5.45. The summed E-state index contributed by atoms with van der Waals surface area (Å²) in [5.74, 6) is 1.38. The molecule has 1 aliphatic heterocycles. The molecule has 19 heavy (non-hydrogen) atoms. The van der Waals surface area contributed by atoms with Gasteiger partial charge in [-0.1, -0.05) is 40.9 Å². The van der Waals surface area contributed by atoms with Crippen LogP contribution in [0.3, 0.4) is 0 Å². The third kappa shape index (κ3) is 3.19. The average Bonchev–Trinajstić information content (AvgIpc) is 2.87. The van der Waals surface area contributed by atoms with E-state index in [1.54, 1.807) is 20.3 Å². The van der Waals surface area contributed by atoms with Gasteiger partial charge in [0.1, 0.15) is 12.6 Å². The Hall–Kier alpha value is -0.840. The van der Waals surface area contributed by atoms with E-state index in [0.29, 0.717) is 18.1 Å². The lowest BCUT2D eigenvalue weighted by atomic mass is 10.1. The van der Waals surface area contributed by atoms with Crippen molar-refractivity contribution in [3.8, 4) is 11.5 Å². The zero-order valence-electron chi connectivity index (χ0n) is 10.3. The van der Waals surface area contributed by atoms with Gasteiger partial charge in [0.15, 0.2) is 11.5 Å². The summed E-state index contributed by atoms with van der Waals surface area (Å²) < 4.78 is 14.1. The maximum Gasteiger partial charge on any atom is 0.266 e. The van der Waals surface area contributed by atoms with Crippen LogP contribution in [0.1, 0.15) is 11.6 Å². The topological polar surface area (TPSA) is 40.0 Å². The number of methoxy groups -OCH3 is 2. The number of nitrogens with zero attached hydrogens (tertiary/aromatic N) is 1. The first-order chi connectivity index (χ1) is 8.95. The van der Waals surface area contributed by atoms with E-state index in [-0.39, 0.29) is 11.9 Å². The van der Waals surface area contributed by atoms with Crippen LogP contribution in [0.4, 0.5) is 0 Å². The van der Waals surface area contributed by atoms with Gasteiger partial charge in [0, 0.05) is 0 Å². The predicted octanol–water partition coefficient (Wildman–Crippen LogP) is 3.54. The molecule has 0 N–H and O–H groups in total. The maximum absolute atomic E-state index is 5.73.